The second kappa shape index (κ2) is 9.06. The zero-order valence-electron chi connectivity index (χ0n) is 19.2. The molecule has 0 aliphatic carbocycles. The molecule has 0 unspecified atom stereocenters. The maximum absolute atomic E-state index is 13.6. The van der Waals surface area contributed by atoms with Gasteiger partial charge in [0.15, 0.2) is 12.4 Å². The van der Waals surface area contributed by atoms with E-state index in [1.807, 2.05) is 36.4 Å². The molecular weight excluding hydrogens is 430 g/mol. The van der Waals surface area contributed by atoms with Crippen molar-refractivity contribution in [1.29, 1.82) is 0 Å². The van der Waals surface area contributed by atoms with E-state index in [-0.39, 0.29) is 18.3 Å². The quantitative estimate of drug-likeness (QED) is 0.377. The van der Waals surface area contributed by atoms with E-state index < -0.39 is 0 Å². The molecule has 3 aromatic carbocycles. The second-order valence-corrected chi connectivity index (χ2v) is 8.51. The van der Waals surface area contributed by atoms with E-state index in [9.17, 15) is 9.59 Å². The molecule has 0 saturated heterocycles. The number of furan rings is 1. The minimum Gasteiger partial charge on any atom is -0.493 e. The zero-order chi connectivity index (χ0) is 23.7. The first-order chi connectivity index (χ1) is 16.5. The molecular formula is C28H25NO5. The smallest absolute Gasteiger partial charge is 0.259 e. The number of fused-ring (bicyclic) bond motifs is 2. The van der Waals surface area contributed by atoms with Gasteiger partial charge in [0.1, 0.15) is 17.1 Å². The number of aryl methyl sites for hydroxylation is 1. The minimum absolute atomic E-state index is 0.0608. The van der Waals surface area contributed by atoms with Crippen molar-refractivity contribution < 1.29 is 23.5 Å². The lowest BCUT2D eigenvalue weighted by molar-refractivity contribution is -0.130. The maximum atomic E-state index is 13.6. The number of rotatable bonds is 6. The lowest BCUT2D eigenvalue weighted by Gasteiger charge is -2.16. The summed E-state index contributed by atoms with van der Waals surface area (Å²) in [5.74, 6) is 1.27. The Labute approximate surface area is 197 Å². The third-order valence-corrected chi connectivity index (χ3v) is 5.97. The van der Waals surface area contributed by atoms with Crippen LogP contribution >= 0.6 is 0 Å². The third-order valence-electron chi connectivity index (χ3n) is 5.97. The monoisotopic (exact) mass is 455 g/mol. The number of amides is 1. The summed E-state index contributed by atoms with van der Waals surface area (Å²) in [4.78, 5) is 26.8. The van der Waals surface area contributed by atoms with E-state index >= 15 is 0 Å². The van der Waals surface area contributed by atoms with Crippen LogP contribution in [0.2, 0.25) is 0 Å². The van der Waals surface area contributed by atoms with E-state index in [0.29, 0.717) is 29.3 Å². The number of ketones is 1. The van der Waals surface area contributed by atoms with Gasteiger partial charge in [-0.3, -0.25) is 9.59 Å². The average Bonchev–Trinajstić information content (AvgIpc) is 3.24. The van der Waals surface area contributed by atoms with Gasteiger partial charge in [-0.05, 0) is 54.3 Å². The lowest BCUT2D eigenvalue weighted by atomic mass is 9.96. The first kappa shape index (κ1) is 21.8. The largest absolute Gasteiger partial charge is 0.493 e. The van der Waals surface area contributed by atoms with Gasteiger partial charge in [-0.2, -0.15) is 0 Å². The summed E-state index contributed by atoms with van der Waals surface area (Å²) in [6, 6.07) is 20.5. The molecule has 6 heteroatoms. The molecule has 0 atom stereocenters. The molecule has 1 amide bonds. The van der Waals surface area contributed by atoms with Crippen molar-refractivity contribution >= 4 is 22.7 Å². The highest BCUT2D eigenvalue weighted by atomic mass is 16.5. The van der Waals surface area contributed by atoms with Crippen LogP contribution < -0.4 is 9.47 Å². The number of hydrogen-bond donors (Lipinski definition) is 0. The van der Waals surface area contributed by atoms with Crippen LogP contribution in [0.3, 0.4) is 0 Å². The molecule has 5 rings (SSSR count). The topological polar surface area (TPSA) is 69.0 Å². The van der Waals surface area contributed by atoms with Gasteiger partial charge in [0.25, 0.3) is 5.91 Å². The highest BCUT2D eigenvalue weighted by molar-refractivity contribution is 6.15. The van der Waals surface area contributed by atoms with E-state index in [1.54, 1.807) is 38.4 Å². The number of nitrogens with zero attached hydrogens (tertiary/aromatic N) is 1. The molecule has 1 aliphatic rings. The first-order valence-electron chi connectivity index (χ1n) is 11.3. The van der Waals surface area contributed by atoms with E-state index in [4.69, 9.17) is 13.9 Å². The summed E-state index contributed by atoms with van der Waals surface area (Å²) in [5, 5.41) is 0.904. The van der Waals surface area contributed by atoms with Crippen molar-refractivity contribution in [2.45, 2.75) is 12.8 Å². The molecule has 0 fully saturated rings. The van der Waals surface area contributed by atoms with Gasteiger partial charge >= 0.3 is 0 Å². The first-order valence-corrected chi connectivity index (χ1v) is 11.3. The van der Waals surface area contributed by atoms with Crippen LogP contribution in [-0.2, 0) is 11.2 Å². The molecule has 0 spiro atoms. The summed E-state index contributed by atoms with van der Waals surface area (Å²) in [6.07, 6.45) is 1.91. The molecule has 6 nitrogen and oxygen atoms in total. The lowest BCUT2D eigenvalue weighted by Crippen LogP contribution is -2.27. The van der Waals surface area contributed by atoms with Gasteiger partial charge in [-0.25, -0.2) is 0 Å². The van der Waals surface area contributed by atoms with Gasteiger partial charge in [0.2, 0.25) is 5.78 Å². The summed E-state index contributed by atoms with van der Waals surface area (Å²) in [5.41, 5.74) is 3.94. The fourth-order valence-electron chi connectivity index (χ4n) is 4.10. The molecule has 1 aliphatic heterocycles. The molecule has 0 radical (unpaired) electrons. The van der Waals surface area contributed by atoms with Crippen molar-refractivity contribution in [1.82, 2.24) is 4.90 Å². The van der Waals surface area contributed by atoms with E-state index in [2.05, 4.69) is 6.07 Å². The van der Waals surface area contributed by atoms with Crippen LogP contribution in [0.15, 0.2) is 71.1 Å². The Kier molecular flexibility index (Phi) is 5.80. The number of carbonyl (C=O) groups excluding carboxylic acids is 2. The predicted molar refractivity (Wildman–Crippen MR) is 130 cm³/mol. The van der Waals surface area contributed by atoms with Crippen LogP contribution in [-0.4, -0.2) is 43.9 Å². The van der Waals surface area contributed by atoms with Crippen molar-refractivity contribution in [2.75, 3.05) is 27.3 Å². The Bertz CT molecular complexity index is 1350. The van der Waals surface area contributed by atoms with Crippen LogP contribution in [0.5, 0.6) is 11.5 Å². The highest BCUT2D eigenvalue weighted by Gasteiger charge is 2.25. The molecule has 34 heavy (non-hydrogen) atoms. The van der Waals surface area contributed by atoms with Crippen molar-refractivity contribution in [2.24, 2.45) is 0 Å². The van der Waals surface area contributed by atoms with Crippen LogP contribution in [0.25, 0.3) is 22.1 Å². The number of hydrogen-bond acceptors (Lipinski definition) is 5. The summed E-state index contributed by atoms with van der Waals surface area (Å²) < 4.78 is 17.5. The molecule has 0 N–H and O–H groups in total. The molecule has 1 aromatic heterocycles. The normalized spacial score (nSPS) is 12.6. The Morgan fingerprint density at radius 3 is 2.50 bits per heavy atom. The number of likely N-dealkylation sites (N-methyl/N-ethyl adjacent to an activating group) is 1. The maximum Gasteiger partial charge on any atom is 0.259 e. The minimum atomic E-state index is -0.218. The zero-order valence-corrected chi connectivity index (χ0v) is 19.2. The Hall–Kier alpha value is -4.06. The molecule has 4 aromatic rings. The predicted octanol–water partition coefficient (Wildman–Crippen LogP) is 5.12. The van der Waals surface area contributed by atoms with Gasteiger partial charge in [-0.1, -0.05) is 30.3 Å². The van der Waals surface area contributed by atoms with Crippen molar-refractivity contribution in [3.05, 3.63) is 83.6 Å². The van der Waals surface area contributed by atoms with E-state index in [0.717, 1.165) is 40.7 Å². The highest BCUT2D eigenvalue weighted by Crippen LogP contribution is 2.40. The Balaban J connectivity index is 1.52. The summed E-state index contributed by atoms with van der Waals surface area (Å²) >= 11 is 0. The Morgan fingerprint density at radius 2 is 1.76 bits per heavy atom. The fraction of sp³-hybridized carbons (Fsp3) is 0.214. The fourth-order valence-corrected chi connectivity index (χ4v) is 4.10. The molecule has 2 heterocycles. The SMILES string of the molecule is CN(C)C(=O)COc1ccc(C(=O)c2oc3cc4c(cc3c2-c2ccccc2)CCCO4)cc1. The second-order valence-electron chi connectivity index (χ2n) is 8.51. The number of carbonyl (C=O) groups is 2. The number of benzene rings is 3. The molecule has 172 valence electrons. The molecule has 0 saturated carbocycles. The van der Waals surface area contributed by atoms with Crippen LogP contribution in [0, 0.1) is 0 Å². The van der Waals surface area contributed by atoms with Gasteiger partial charge in [0.05, 0.1) is 6.61 Å². The van der Waals surface area contributed by atoms with Crippen LogP contribution in [0.4, 0.5) is 0 Å². The van der Waals surface area contributed by atoms with Gasteiger partial charge < -0.3 is 18.8 Å². The molecule has 0 bridgehead atoms. The average molecular weight is 456 g/mol. The van der Waals surface area contributed by atoms with Crippen LogP contribution in [0.1, 0.15) is 28.1 Å². The third kappa shape index (κ3) is 4.15. The summed E-state index contributed by atoms with van der Waals surface area (Å²) in [6.45, 7) is 0.625. The summed E-state index contributed by atoms with van der Waals surface area (Å²) in [7, 11) is 3.35. The van der Waals surface area contributed by atoms with Gasteiger partial charge in [-0.15, -0.1) is 0 Å². The standard InChI is InChI=1S/C28H25NO5/c1-29(2)25(30)17-33-21-12-10-19(11-13-21)27(31)28-26(18-7-4-3-5-8-18)22-15-20-9-6-14-32-23(20)16-24(22)34-28/h3-5,7-8,10-13,15-16H,6,9,14,17H2,1-2H3. The number of ether oxygens (including phenoxy) is 2. The van der Waals surface area contributed by atoms with Crippen molar-refractivity contribution in [3.8, 4) is 22.6 Å². The van der Waals surface area contributed by atoms with Crippen molar-refractivity contribution in [3.63, 3.8) is 0 Å². The van der Waals surface area contributed by atoms with E-state index in [1.165, 1.54) is 4.90 Å². The van der Waals surface area contributed by atoms with Gasteiger partial charge in [0, 0.05) is 36.7 Å². The Morgan fingerprint density at radius 1 is 1.00 bits per heavy atom.